The summed E-state index contributed by atoms with van der Waals surface area (Å²) in [6.07, 6.45) is 0. The predicted molar refractivity (Wildman–Crippen MR) is 58.4 cm³/mol. The van der Waals surface area contributed by atoms with Crippen molar-refractivity contribution in [3.05, 3.63) is 29.3 Å². The van der Waals surface area contributed by atoms with Gasteiger partial charge in [0.25, 0.3) is 5.17 Å². The van der Waals surface area contributed by atoms with Crippen LogP contribution >= 0.6 is 23.8 Å². The first-order chi connectivity index (χ1) is 6.22. The Bertz CT molecular complexity index is 286. The number of hydrogen-bond donors (Lipinski definition) is 1. The molecule has 0 aliphatic rings. The molecule has 0 aromatic heterocycles. The molecule has 1 aromatic rings. The number of hydrogen-bond acceptors (Lipinski definition) is 2. The molecule has 0 aliphatic carbocycles. The minimum absolute atomic E-state index is 0.379. The van der Waals surface area contributed by atoms with Gasteiger partial charge in [0.15, 0.2) is 0 Å². The predicted octanol–water partition coefficient (Wildman–Crippen LogP) is 2.61. The lowest BCUT2D eigenvalue weighted by molar-refractivity contribution is 0.535. The van der Waals surface area contributed by atoms with Crippen molar-refractivity contribution in [2.75, 3.05) is 6.54 Å². The average Bonchev–Trinajstić information content (AvgIpc) is 2.09. The highest BCUT2D eigenvalue weighted by atomic mass is 35.5. The van der Waals surface area contributed by atoms with Gasteiger partial charge >= 0.3 is 0 Å². The van der Waals surface area contributed by atoms with Crippen LogP contribution < -0.4 is 10.1 Å². The second-order valence-corrected chi connectivity index (χ2v) is 3.18. The number of benzene rings is 1. The molecule has 0 amide bonds. The lowest BCUT2D eigenvalue weighted by Crippen LogP contribution is -2.25. The van der Waals surface area contributed by atoms with E-state index in [1.54, 1.807) is 24.3 Å². The lowest BCUT2D eigenvalue weighted by atomic mass is 10.3. The van der Waals surface area contributed by atoms with Crippen molar-refractivity contribution in [1.82, 2.24) is 5.32 Å². The Kier molecular flexibility index (Phi) is 3.99. The summed E-state index contributed by atoms with van der Waals surface area (Å²) in [5.74, 6) is 0.690. The summed E-state index contributed by atoms with van der Waals surface area (Å²) in [7, 11) is 0. The lowest BCUT2D eigenvalue weighted by Gasteiger charge is -2.06. The van der Waals surface area contributed by atoms with Crippen molar-refractivity contribution >= 4 is 29.0 Å². The van der Waals surface area contributed by atoms with E-state index in [1.165, 1.54) is 0 Å². The molecule has 0 saturated carbocycles. The van der Waals surface area contributed by atoms with Crippen LogP contribution in [0.5, 0.6) is 5.75 Å². The second-order valence-electron chi connectivity index (χ2n) is 2.37. The van der Waals surface area contributed by atoms with E-state index in [0.29, 0.717) is 15.9 Å². The van der Waals surface area contributed by atoms with Crippen molar-refractivity contribution in [2.24, 2.45) is 0 Å². The SMILES string of the molecule is CCNC(=S)Oc1ccc(Cl)cc1. The van der Waals surface area contributed by atoms with Gasteiger partial charge in [-0.1, -0.05) is 11.6 Å². The Hall–Kier alpha value is -0.800. The summed E-state index contributed by atoms with van der Waals surface area (Å²) in [5, 5.41) is 3.95. The molecule has 1 aromatic carbocycles. The quantitative estimate of drug-likeness (QED) is 0.767. The molecule has 0 saturated heterocycles. The van der Waals surface area contributed by atoms with E-state index in [2.05, 4.69) is 5.32 Å². The molecule has 0 bridgehead atoms. The molecule has 4 heteroatoms. The van der Waals surface area contributed by atoms with E-state index in [4.69, 9.17) is 28.6 Å². The van der Waals surface area contributed by atoms with Crippen LogP contribution in [0.3, 0.4) is 0 Å². The number of halogens is 1. The van der Waals surface area contributed by atoms with Gasteiger partial charge in [0.2, 0.25) is 0 Å². The molecule has 1 N–H and O–H groups in total. The molecule has 2 nitrogen and oxygen atoms in total. The van der Waals surface area contributed by atoms with Crippen LogP contribution in [0.15, 0.2) is 24.3 Å². The molecule has 0 spiro atoms. The normalized spacial score (nSPS) is 9.38. The highest BCUT2D eigenvalue weighted by Gasteiger charge is 1.97. The van der Waals surface area contributed by atoms with Gasteiger partial charge in [-0.2, -0.15) is 0 Å². The topological polar surface area (TPSA) is 21.3 Å². The third-order valence-corrected chi connectivity index (χ3v) is 1.82. The van der Waals surface area contributed by atoms with Gasteiger partial charge < -0.3 is 10.1 Å². The molecule has 0 radical (unpaired) electrons. The minimum Gasteiger partial charge on any atom is -0.432 e. The van der Waals surface area contributed by atoms with Gasteiger partial charge in [-0.3, -0.25) is 0 Å². The van der Waals surface area contributed by atoms with Crippen LogP contribution in [-0.4, -0.2) is 11.7 Å². The highest BCUT2D eigenvalue weighted by molar-refractivity contribution is 7.80. The van der Waals surface area contributed by atoms with Crippen LogP contribution in [0, 0.1) is 0 Å². The average molecular weight is 216 g/mol. The van der Waals surface area contributed by atoms with E-state index in [9.17, 15) is 0 Å². The fourth-order valence-corrected chi connectivity index (χ4v) is 1.16. The maximum Gasteiger partial charge on any atom is 0.262 e. The first-order valence-electron chi connectivity index (χ1n) is 3.93. The van der Waals surface area contributed by atoms with Gasteiger partial charge in [0.1, 0.15) is 5.75 Å². The van der Waals surface area contributed by atoms with Gasteiger partial charge in [-0.15, -0.1) is 0 Å². The summed E-state index contributed by atoms with van der Waals surface area (Å²) in [6, 6.07) is 7.05. The molecule has 0 atom stereocenters. The first kappa shape index (κ1) is 10.3. The Labute approximate surface area is 87.9 Å². The zero-order valence-electron chi connectivity index (χ0n) is 7.21. The second kappa shape index (κ2) is 5.04. The van der Waals surface area contributed by atoms with E-state index in [0.717, 1.165) is 6.54 Å². The largest absolute Gasteiger partial charge is 0.432 e. The van der Waals surface area contributed by atoms with E-state index in [-0.39, 0.29) is 0 Å². The van der Waals surface area contributed by atoms with Crippen LogP contribution in [0.25, 0.3) is 0 Å². The van der Waals surface area contributed by atoms with Crippen molar-refractivity contribution < 1.29 is 4.74 Å². The maximum absolute atomic E-state index is 5.71. The summed E-state index contributed by atoms with van der Waals surface area (Å²) < 4.78 is 5.27. The summed E-state index contributed by atoms with van der Waals surface area (Å²) in [5.41, 5.74) is 0. The standard InChI is InChI=1S/C9H10ClNOS/c1-2-11-9(13)12-8-5-3-7(10)4-6-8/h3-6H,2H2,1H3,(H,11,13). The fraction of sp³-hybridized carbons (Fsp3) is 0.222. The molecular weight excluding hydrogens is 206 g/mol. The summed E-state index contributed by atoms with van der Waals surface area (Å²) >= 11 is 10.6. The number of thiocarbonyl (C=S) groups is 1. The highest BCUT2D eigenvalue weighted by Crippen LogP contribution is 2.15. The van der Waals surface area contributed by atoms with Crippen molar-refractivity contribution in [3.8, 4) is 5.75 Å². The first-order valence-corrected chi connectivity index (χ1v) is 4.72. The Morgan fingerprint density at radius 3 is 2.62 bits per heavy atom. The summed E-state index contributed by atoms with van der Waals surface area (Å²) in [4.78, 5) is 0. The van der Waals surface area contributed by atoms with Crippen molar-refractivity contribution in [1.29, 1.82) is 0 Å². The Morgan fingerprint density at radius 1 is 1.46 bits per heavy atom. The number of ether oxygens (including phenoxy) is 1. The van der Waals surface area contributed by atoms with Crippen LogP contribution in [0.1, 0.15) is 6.92 Å². The van der Waals surface area contributed by atoms with Crippen molar-refractivity contribution in [3.63, 3.8) is 0 Å². The maximum atomic E-state index is 5.71. The van der Waals surface area contributed by atoms with Crippen LogP contribution in [0.2, 0.25) is 5.02 Å². The molecular formula is C9H10ClNOS. The Balaban J connectivity index is 2.54. The zero-order valence-corrected chi connectivity index (χ0v) is 8.78. The molecule has 0 heterocycles. The number of nitrogens with one attached hydrogen (secondary N) is 1. The van der Waals surface area contributed by atoms with Crippen LogP contribution in [-0.2, 0) is 0 Å². The van der Waals surface area contributed by atoms with Gasteiger partial charge in [0.05, 0.1) is 0 Å². The smallest absolute Gasteiger partial charge is 0.262 e. The third kappa shape index (κ3) is 3.61. The third-order valence-electron chi connectivity index (χ3n) is 1.35. The van der Waals surface area contributed by atoms with Crippen molar-refractivity contribution in [2.45, 2.75) is 6.92 Å². The number of rotatable bonds is 2. The molecule has 13 heavy (non-hydrogen) atoms. The van der Waals surface area contributed by atoms with Gasteiger partial charge in [0, 0.05) is 11.6 Å². The van der Waals surface area contributed by atoms with Gasteiger partial charge in [-0.25, -0.2) is 0 Å². The molecule has 0 unspecified atom stereocenters. The van der Waals surface area contributed by atoms with E-state index >= 15 is 0 Å². The van der Waals surface area contributed by atoms with E-state index < -0.39 is 0 Å². The fourth-order valence-electron chi connectivity index (χ4n) is 0.790. The molecule has 0 fully saturated rings. The van der Waals surface area contributed by atoms with E-state index in [1.807, 2.05) is 6.92 Å². The Morgan fingerprint density at radius 2 is 2.08 bits per heavy atom. The zero-order chi connectivity index (χ0) is 9.68. The van der Waals surface area contributed by atoms with Gasteiger partial charge in [-0.05, 0) is 43.4 Å². The monoisotopic (exact) mass is 215 g/mol. The molecule has 1 rings (SSSR count). The summed E-state index contributed by atoms with van der Waals surface area (Å²) in [6.45, 7) is 2.71. The molecule has 70 valence electrons. The van der Waals surface area contributed by atoms with Crippen LogP contribution in [0.4, 0.5) is 0 Å². The molecule has 0 aliphatic heterocycles. The minimum atomic E-state index is 0.379.